The largest absolute Gasteiger partial charge is 0.438 e. The summed E-state index contributed by atoms with van der Waals surface area (Å²) in [5.74, 6) is 1.21. The molecule has 0 unspecified atom stereocenters. The van der Waals surface area contributed by atoms with Crippen LogP contribution in [0.15, 0.2) is 24.3 Å². The number of hydrogen-bond donors (Lipinski definition) is 2. The number of fused-ring (bicyclic) bond motifs is 1. The molecule has 0 fully saturated rings. The van der Waals surface area contributed by atoms with Gasteiger partial charge in [-0.25, -0.2) is 4.98 Å². The Balaban J connectivity index is 2.05. The highest BCUT2D eigenvalue weighted by Crippen LogP contribution is 2.31. The van der Waals surface area contributed by atoms with Crippen LogP contribution in [0.3, 0.4) is 0 Å². The predicted octanol–water partition coefficient (Wildman–Crippen LogP) is 3.26. The number of nitrogens with two attached hydrogens (primary N) is 1. The van der Waals surface area contributed by atoms with Crippen LogP contribution >= 0.6 is 0 Å². The number of ether oxygens (including phenoxy) is 1. The fraction of sp³-hybridized carbons (Fsp3) is 0.294. The molecule has 21 heavy (non-hydrogen) atoms. The van der Waals surface area contributed by atoms with Crippen molar-refractivity contribution in [2.75, 3.05) is 0 Å². The Bertz CT molecular complexity index is 722. The van der Waals surface area contributed by atoms with E-state index in [-0.39, 0.29) is 5.84 Å². The molecule has 2 aromatic rings. The van der Waals surface area contributed by atoms with Crippen LogP contribution in [0, 0.1) is 19.3 Å². The van der Waals surface area contributed by atoms with Crippen molar-refractivity contribution in [1.29, 1.82) is 5.41 Å². The van der Waals surface area contributed by atoms with Crippen molar-refractivity contribution in [3.8, 4) is 11.6 Å². The number of nitrogens with one attached hydrogen (secondary N) is 1. The molecule has 0 radical (unpaired) electrons. The molecular formula is C17H19N3O. The Morgan fingerprint density at radius 1 is 1.29 bits per heavy atom. The first-order valence-corrected chi connectivity index (χ1v) is 7.17. The molecule has 3 rings (SSSR count). The molecule has 1 heterocycles. The Morgan fingerprint density at radius 3 is 2.86 bits per heavy atom. The number of pyridine rings is 1. The lowest BCUT2D eigenvalue weighted by atomic mass is 10.1. The second kappa shape index (κ2) is 5.20. The van der Waals surface area contributed by atoms with Gasteiger partial charge in [-0.2, -0.15) is 0 Å². The van der Waals surface area contributed by atoms with E-state index in [2.05, 4.69) is 4.98 Å². The third-order valence-electron chi connectivity index (χ3n) is 4.07. The fourth-order valence-electron chi connectivity index (χ4n) is 2.66. The topological polar surface area (TPSA) is 72.0 Å². The molecule has 0 saturated heterocycles. The van der Waals surface area contributed by atoms with Crippen LogP contribution in [0.25, 0.3) is 0 Å². The summed E-state index contributed by atoms with van der Waals surface area (Å²) in [6.07, 6.45) is 3.08. The van der Waals surface area contributed by atoms with Gasteiger partial charge in [0, 0.05) is 5.69 Å². The zero-order valence-electron chi connectivity index (χ0n) is 12.4. The molecule has 0 spiro atoms. The third kappa shape index (κ3) is 2.49. The van der Waals surface area contributed by atoms with Crippen molar-refractivity contribution < 1.29 is 4.74 Å². The number of aryl methyl sites for hydroxylation is 3. The van der Waals surface area contributed by atoms with Gasteiger partial charge in [-0.15, -0.1) is 0 Å². The summed E-state index contributed by atoms with van der Waals surface area (Å²) >= 11 is 0. The van der Waals surface area contributed by atoms with E-state index in [0.717, 1.165) is 41.8 Å². The molecule has 4 nitrogen and oxygen atoms in total. The van der Waals surface area contributed by atoms with E-state index in [1.54, 1.807) is 0 Å². The minimum absolute atomic E-state index is 0.00231. The van der Waals surface area contributed by atoms with E-state index in [0.29, 0.717) is 11.4 Å². The minimum atomic E-state index is -0.00231. The number of nitrogen functional groups attached to an aromatic ring is 1. The van der Waals surface area contributed by atoms with Crippen LogP contribution in [-0.2, 0) is 12.8 Å². The van der Waals surface area contributed by atoms with Gasteiger partial charge in [0.05, 0.1) is 5.56 Å². The summed E-state index contributed by atoms with van der Waals surface area (Å²) in [6, 6.07) is 7.88. The second-order valence-corrected chi connectivity index (χ2v) is 5.51. The normalized spacial score (nSPS) is 13.0. The molecule has 4 heteroatoms. The van der Waals surface area contributed by atoms with Gasteiger partial charge in [0.2, 0.25) is 5.88 Å². The van der Waals surface area contributed by atoms with Crippen LogP contribution in [0.5, 0.6) is 11.6 Å². The van der Waals surface area contributed by atoms with Crippen LogP contribution < -0.4 is 10.5 Å². The van der Waals surface area contributed by atoms with E-state index < -0.39 is 0 Å². The smallest absolute Gasteiger partial charge is 0.230 e. The maximum Gasteiger partial charge on any atom is 0.230 e. The van der Waals surface area contributed by atoms with Gasteiger partial charge < -0.3 is 10.5 Å². The predicted molar refractivity (Wildman–Crippen MR) is 83.3 cm³/mol. The zero-order chi connectivity index (χ0) is 15.0. The maximum absolute atomic E-state index is 7.76. The molecule has 0 saturated carbocycles. The van der Waals surface area contributed by atoms with Crippen molar-refractivity contribution in [2.24, 2.45) is 5.73 Å². The molecule has 1 aliphatic rings. The van der Waals surface area contributed by atoms with Gasteiger partial charge in [0.25, 0.3) is 0 Å². The number of nitrogens with zero attached hydrogens (tertiary/aromatic N) is 1. The summed E-state index contributed by atoms with van der Waals surface area (Å²) in [6.45, 7) is 4.07. The molecule has 1 aromatic carbocycles. The monoisotopic (exact) mass is 281 g/mol. The number of hydrogen-bond acceptors (Lipinski definition) is 3. The molecule has 0 atom stereocenters. The Morgan fingerprint density at radius 2 is 2.10 bits per heavy atom. The van der Waals surface area contributed by atoms with Gasteiger partial charge >= 0.3 is 0 Å². The van der Waals surface area contributed by atoms with Crippen molar-refractivity contribution in [2.45, 2.75) is 33.1 Å². The van der Waals surface area contributed by atoms with Crippen LogP contribution in [-0.4, -0.2) is 10.8 Å². The van der Waals surface area contributed by atoms with Gasteiger partial charge in [0.15, 0.2) is 0 Å². The van der Waals surface area contributed by atoms with E-state index in [4.69, 9.17) is 15.9 Å². The van der Waals surface area contributed by atoms with E-state index >= 15 is 0 Å². The number of rotatable bonds is 3. The van der Waals surface area contributed by atoms with Crippen molar-refractivity contribution in [1.82, 2.24) is 4.98 Å². The lowest BCUT2D eigenvalue weighted by molar-refractivity contribution is 0.456. The highest BCUT2D eigenvalue weighted by Gasteiger charge is 2.19. The van der Waals surface area contributed by atoms with Crippen LogP contribution in [0.2, 0.25) is 0 Å². The first kappa shape index (κ1) is 13.6. The van der Waals surface area contributed by atoms with Crippen molar-refractivity contribution in [3.05, 3.63) is 52.2 Å². The van der Waals surface area contributed by atoms with E-state index in [9.17, 15) is 0 Å². The molecule has 1 aromatic heterocycles. The SMILES string of the molecule is Cc1cccc(Oc2nc3c(cc2C(=N)N)CCC3)c1C. The standard InChI is InChI=1S/C17H19N3O/c1-10-5-3-8-15(11(10)2)21-17-13(16(18)19)9-12-6-4-7-14(12)20-17/h3,5,8-9H,4,6-7H2,1-2H3,(H3,18,19). The van der Waals surface area contributed by atoms with Gasteiger partial charge in [-0.05, 0) is 61.9 Å². The Labute approximate surface area is 124 Å². The second-order valence-electron chi connectivity index (χ2n) is 5.51. The molecular weight excluding hydrogens is 262 g/mol. The minimum Gasteiger partial charge on any atom is -0.438 e. The van der Waals surface area contributed by atoms with Gasteiger partial charge in [0.1, 0.15) is 11.6 Å². The summed E-state index contributed by atoms with van der Waals surface area (Å²) in [5.41, 5.74) is 10.8. The third-order valence-corrected chi connectivity index (χ3v) is 4.07. The van der Waals surface area contributed by atoms with E-state index in [1.165, 1.54) is 5.56 Å². The number of aromatic nitrogens is 1. The molecule has 1 aliphatic carbocycles. The van der Waals surface area contributed by atoms with Gasteiger partial charge in [-0.3, -0.25) is 5.41 Å². The number of amidine groups is 1. The molecule has 0 bridgehead atoms. The molecule has 3 N–H and O–H groups in total. The summed E-state index contributed by atoms with van der Waals surface area (Å²) in [7, 11) is 0. The quantitative estimate of drug-likeness (QED) is 0.670. The van der Waals surface area contributed by atoms with Crippen LogP contribution in [0.1, 0.15) is 34.4 Å². The Hall–Kier alpha value is -2.36. The van der Waals surface area contributed by atoms with E-state index in [1.807, 2.05) is 38.1 Å². The maximum atomic E-state index is 7.76. The lowest BCUT2D eigenvalue weighted by Gasteiger charge is -2.14. The molecule has 0 aliphatic heterocycles. The van der Waals surface area contributed by atoms with Crippen LogP contribution in [0.4, 0.5) is 0 Å². The average molecular weight is 281 g/mol. The molecule has 0 amide bonds. The lowest BCUT2D eigenvalue weighted by Crippen LogP contribution is -2.14. The fourth-order valence-corrected chi connectivity index (χ4v) is 2.66. The highest BCUT2D eigenvalue weighted by atomic mass is 16.5. The Kier molecular flexibility index (Phi) is 3.37. The van der Waals surface area contributed by atoms with Crippen molar-refractivity contribution in [3.63, 3.8) is 0 Å². The van der Waals surface area contributed by atoms with Gasteiger partial charge in [-0.1, -0.05) is 12.1 Å². The zero-order valence-corrected chi connectivity index (χ0v) is 12.4. The summed E-state index contributed by atoms with van der Waals surface area (Å²) in [5, 5.41) is 7.76. The number of benzene rings is 1. The van der Waals surface area contributed by atoms with Crippen molar-refractivity contribution >= 4 is 5.84 Å². The summed E-state index contributed by atoms with van der Waals surface area (Å²) in [4.78, 5) is 4.60. The average Bonchev–Trinajstić information content (AvgIpc) is 2.90. The highest BCUT2D eigenvalue weighted by molar-refractivity contribution is 5.97. The molecule has 108 valence electrons. The summed E-state index contributed by atoms with van der Waals surface area (Å²) < 4.78 is 5.98. The first-order valence-electron chi connectivity index (χ1n) is 7.17. The first-order chi connectivity index (χ1) is 10.1.